The zero-order chi connectivity index (χ0) is 38.3. The van der Waals surface area contributed by atoms with Crippen LogP contribution in [0.1, 0.15) is 151 Å². The number of imide groups is 1. The summed E-state index contributed by atoms with van der Waals surface area (Å²) in [4.78, 5) is 73.8. The fourth-order valence-corrected chi connectivity index (χ4v) is 5.73. The minimum Gasteiger partial charge on any atom is -0.373 e. The standard InChI is InChI=1S/C38H69N5O8/c1-7-8-9-10-11-12-13-14-15-19-33(46)42-30(35(39)48)18-16-17-23-40-32(45)21-26-50-38(5,6)28-51-37(3,4)22-24-41-31(44)20-25-43-34(47)27-29(2)36(43)49/h29-30H,7-28H2,1-6H3,(H2,39,48)(H,40,45)(H,41,44)(H,42,46). The normalized spacial score (nSPS) is 15.6. The molecule has 13 nitrogen and oxygen atoms in total. The van der Waals surface area contributed by atoms with E-state index in [-0.39, 0.29) is 74.5 Å². The molecule has 1 aliphatic rings. The van der Waals surface area contributed by atoms with Gasteiger partial charge in [0.25, 0.3) is 0 Å². The predicted molar refractivity (Wildman–Crippen MR) is 197 cm³/mol. The van der Waals surface area contributed by atoms with Crippen LogP contribution in [0.15, 0.2) is 0 Å². The molecular formula is C38H69N5O8. The fraction of sp³-hybridized carbons (Fsp3) is 0.842. The van der Waals surface area contributed by atoms with Gasteiger partial charge in [0.2, 0.25) is 35.4 Å². The molecule has 294 valence electrons. The molecule has 51 heavy (non-hydrogen) atoms. The number of hydrogen-bond acceptors (Lipinski definition) is 8. The average molecular weight is 724 g/mol. The lowest BCUT2D eigenvalue weighted by atomic mass is 10.0. The largest absolute Gasteiger partial charge is 0.373 e. The first kappa shape index (κ1) is 46.0. The first-order chi connectivity index (χ1) is 24.1. The minimum absolute atomic E-state index is 0.0643. The van der Waals surface area contributed by atoms with Crippen LogP contribution in [-0.2, 0) is 38.2 Å². The van der Waals surface area contributed by atoms with Crippen LogP contribution in [0, 0.1) is 5.92 Å². The monoisotopic (exact) mass is 724 g/mol. The summed E-state index contributed by atoms with van der Waals surface area (Å²) in [5.41, 5.74) is 4.32. The predicted octanol–water partition coefficient (Wildman–Crippen LogP) is 4.44. The number of nitrogens with zero attached hydrogens (tertiary/aromatic N) is 1. The van der Waals surface area contributed by atoms with Crippen molar-refractivity contribution < 1.29 is 38.2 Å². The van der Waals surface area contributed by atoms with Gasteiger partial charge in [0.15, 0.2) is 0 Å². The number of ether oxygens (including phenoxy) is 2. The van der Waals surface area contributed by atoms with E-state index in [9.17, 15) is 28.8 Å². The molecule has 2 atom stereocenters. The van der Waals surface area contributed by atoms with Crippen LogP contribution < -0.4 is 21.7 Å². The van der Waals surface area contributed by atoms with Gasteiger partial charge in [0.05, 0.1) is 24.4 Å². The number of unbranched alkanes of at least 4 members (excludes halogenated alkanes) is 9. The highest BCUT2D eigenvalue weighted by molar-refractivity contribution is 6.03. The van der Waals surface area contributed by atoms with Crippen molar-refractivity contribution >= 4 is 35.4 Å². The number of likely N-dealkylation sites (tertiary alicyclic amines) is 1. The second-order valence-electron chi connectivity index (χ2n) is 15.2. The van der Waals surface area contributed by atoms with Crippen LogP contribution in [0.3, 0.4) is 0 Å². The van der Waals surface area contributed by atoms with Gasteiger partial charge in [0.1, 0.15) is 6.04 Å². The van der Waals surface area contributed by atoms with Crippen LogP contribution >= 0.6 is 0 Å². The van der Waals surface area contributed by atoms with E-state index in [0.717, 1.165) is 24.2 Å². The summed E-state index contributed by atoms with van der Waals surface area (Å²) in [7, 11) is 0. The first-order valence-electron chi connectivity index (χ1n) is 19.3. The molecule has 1 aliphatic heterocycles. The Labute approximate surface area is 306 Å². The van der Waals surface area contributed by atoms with Crippen LogP contribution in [0.5, 0.6) is 0 Å². The fourth-order valence-electron chi connectivity index (χ4n) is 5.73. The van der Waals surface area contributed by atoms with Crippen molar-refractivity contribution in [1.29, 1.82) is 0 Å². The minimum atomic E-state index is -0.705. The maximum Gasteiger partial charge on any atom is 0.239 e. The van der Waals surface area contributed by atoms with Gasteiger partial charge in [-0.25, -0.2) is 0 Å². The van der Waals surface area contributed by atoms with Gasteiger partial charge in [-0.2, -0.15) is 0 Å². The highest BCUT2D eigenvalue weighted by Gasteiger charge is 2.35. The number of primary amides is 1. The van der Waals surface area contributed by atoms with Crippen molar-refractivity contribution in [3.8, 4) is 0 Å². The smallest absolute Gasteiger partial charge is 0.239 e. The average Bonchev–Trinajstić information content (AvgIpc) is 3.30. The second-order valence-corrected chi connectivity index (χ2v) is 15.2. The Morgan fingerprint density at radius 2 is 1.39 bits per heavy atom. The topological polar surface area (TPSA) is 186 Å². The molecule has 1 saturated heterocycles. The van der Waals surface area contributed by atoms with E-state index in [1.54, 1.807) is 6.92 Å². The number of carbonyl (C=O) groups excluding carboxylic acids is 6. The van der Waals surface area contributed by atoms with Crippen LogP contribution in [0.4, 0.5) is 0 Å². The maximum atomic E-state index is 12.3. The van der Waals surface area contributed by atoms with Gasteiger partial charge in [0, 0.05) is 51.2 Å². The van der Waals surface area contributed by atoms with Gasteiger partial charge in [-0.15, -0.1) is 0 Å². The molecule has 6 amide bonds. The maximum absolute atomic E-state index is 12.3. The van der Waals surface area contributed by atoms with Gasteiger partial charge in [-0.3, -0.25) is 33.7 Å². The number of hydrogen-bond donors (Lipinski definition) is 4. The van der Waals surface area contributed by atoms with Crippen molar-refractivity contribution in [2.24, 2.45) is 11.7 Å². The molecule has 0 spiro atoms. The molecule has 1 heterocycles. The van der Waals surface area contributed by atoms with Crippen molar-refractivity contribution in [2.45, 2.75) is 168 Å². The van der Waals surface area contributed by atoms with Crippen molar-refractivity contribution in [2.75, 3.05) is 32.8 Å². The molecule has 0 aromatic carbocycles. The number of rotatable bonds is 30. The summed E-state index contributed by atoms with van der Waals surface area (Å²) in [5.74, 6) is -1.84. The molecule has 0 saturated carbocycles. The molecule has 1 fully saturated rings. The Morgan fingerprint density at radius 3 is 2.00 bits per heavy atom. The molecule has 0 bridgehead atoms. The Bertz CT molecular complexity index is 1100. The first-order valence-corrected chi connectivity index (χ1v) is 19.3. The third kappa shape index (κ3) is 21.8. The van der Waals surface area contributed by atoms with Crippen molar-refractivity contribution in [3.63, 3.8) is 0 Å². The SMILES string of the molecule is CCCCCCCCCCCC(=O)NC(CCCCNC(=O)CCOC(C)(C)COC(C)(C)CCNC(=O)CCN1C(=O)CC(C)C1=O)C(N)=O. The van der Waals surface area contributed by atoms with E-state index in [4.69, 9.17) is 15.2 Å². The van der Waals surface area contributed by atoms with Crippen LogP contribution in [-0.4, -0.2) is 90.4 Å². The molecule has 0 aromatic rings. The number of nitrogens with one attached hydrogen (secondary N) is 3. The van der Waals surface area contributed by atoms with Gasteiger partial charge in [-0.1, -0.05) is 65.2 Å². The lowest BCUT2D eigenvalue weighted by Gasteiger charge is -2.32. The summed E-state index contributed by atoms with van der Waals surface area (Å²) >= 11 is 0. The Hall–Kier alpha value is -3.06. The molecule has 5 N–H and O–H groups in total. The zero-order valence-electron chi connectivity index (χ0n) is 32.5. The summed E-state index contributed by atoms with van der Waals surface area (Å²) in [6, 6.07) is -0.705. The highest BCUT2D eigenvalue weighted by atomic mass is 16.6. The summed E-state index contributed by atoms with van der Waals surface area (Å²) in [5, 5.41) is 8.46. The molecule has 0 aromatic heterocycles. The Kier molecular flexibility index (Phi) is 22.5. The number of amides is 6. The Morgan fingerprint density at radius 1 is 0.784 bits per heavy atom. The molecule has 2 unspecified atom stereocenters. The number of nitrogens with two attached hydrogens (primary N) is 1. The molecule has 13 heteroatoms. The van der Waals surface area contributed by atoms with E-state index >= 15 is 0 Å². The van der Waals surface area contributed by atoms with E-state index < -0.39 is 23.2 Å². The molecular weight excluding hydrogens is 654 g/mol. The molecule has 1 rings (SSSR count). The van der Waals surface area contributed by atoms with Gasteiger partial charge >= 0.3 is 0 Å². The lowest BCUT2D eigenvalue weighted by molar-refractivity contribution is -0.140. The van der Waals surface area contributed by atoms with E-state index in [2.05, 4.69) is 22.9 Å². The summed E-state index contributed by atoms with van der Waals surface area (Å²) in [6.45, 7) is 12.9. The summed E-state index contributed by atoms with van der Waals surface area (Å²) in [6.07, 6.45) is 13.6. The number of carbonyl (C=O) groups is 6. The second kappa shape index (κ2) is 25.0. The molecule has 0 aliphatic carbocycles. The van der Waals surface area contributed by atoms with E-state index in [1.807, 2.05) is 27.7 Å². The van der Waals surface area contributed by atoms with Crippen LogP contribution in [0.25, 0.3) is 0 Å². The Balaban J connectivity index is 2.16. The highest BCUT2D eigenvalue weighted by Crippen LogP contribution is 2.20. The van der Waals surface area contributed by atoms with Gasteiger partial charge < -0.3 is 31.2 Å². The zero-order valence-corrected chi connectivity index (χ0v) is 32.5. The third-order valence-corrected chi connectivity index (χ3v) is 9.14. The van der Waals surface area contributed by atoms with Crippen molar-refractivity contribution in [1.82, 2.24) is 20.9 Å². The third-order valence-electron chi connectivity index (χ3n) is 9.14. The van der Waals surface area contributed by atoms with E-state index in [0.29, 0.717) is 45.2 Å². The van der Waals surface area contributed by atoms with Gasteiger partial charge in [-0.05, 0) is 59.8 Å². The quantitative estimate of drug-likeness (QED) is 0.0619. The van der Waals surface area contributed by atoms with E-state index in [1.165, 1.54) is 38.5 Å². The van der Waals surface area contributed by atoms with Crippen molar-refractivity contribution in [3.05, 3.63) is 0 Å². The van der Waals surface area contributed by atoms with Crippen LogP contribution in [0.2, 0.25) is 0 Å². The summed E-state index contributed by atoms with van der Waals surface area (Å²) < 4.78 is 12.0. The lowest BCUT2D eigenvalue weighted by Crippen LogP contribution is -2.44. The molecule has 0 radical (unpaired) electrons.